The van der Waals surface area contributed by atoms with E-state index < -0.39 is 10.0 Å². The van der Waals surface area contributed by atoms with E-state index in [1.54, 1.807) is 37.3 Å². The third-order valence-corrected chi connectivity index (χ3v) is 5.97. The van der Waals surface area contributed by atoms with E-state index in [4.69, 9.17) is 16.7 Å². The molecule has 0 spiro atoms. The Morgan fingerprint density at radius 3 is 2.46 bits per heavy atom. The van der Waals surface area contributed by atoms with Gasteiger partial charge >= 0.3 is 0 Å². The minimum Gasteiger partial charge on any atom is -0.395 e. The molecule has 0 aliphatic rings. The second-order valence-electron chi connectivity index (χ2n) is 5.59. The van der Waals surface area contributed by atoms with Crippen LogP contribution in [0.4, 0.5) is 5.69 Å². The lowest BCUT2D eigenvalue weighted by Gasteiger charge is -2.22. The first-order chi connectivity index (χ1) is 12.3. The van der Waals surface area contributed by atoms with Crippen LogP contribution < -0.4 is 4.31 Å². The van der Waals surface area contributed by atoms with Crippen molar-refractivity contribution in [3.8, 4) is 0 Å². The van der Waals surface area contributed by atoms with Crippen molar-refractivity contribution in [3.63, 3.8) is 0 Å². The highest BCUT2D eigenvalue weighted by atomic mass is 35.5. The zero-order chi connectivity index (χ0) is 19.3. The summed E-state index contributed by atoms with van der Waals surface area (Å²) in [6.45, 7) is 2.24. The molecule has 1 amide bonds. The predicted octanol–water partition coefficient (Wildman–Crippen LogP) is 2.62. The molecule has 0 atom stereocenters. The summed E-state index contributed by atoms with van der Waals surface area (Å²) in [5, 5.41) is 9.49. The van der Waals surface area contributed by atoms with Gasteiger partial charge in [0.2, 0.25) is 0 Å². The average molecular weight is 397 g/mol. The lowest BCUT2D eigenvalue weighted by atomic mass is 10.2. The summed E-state index contributed by atoms with van der Waals surface area (Å²) in [5.41, 5.74) is 0.672. The molecule has 6 nitrogen and oxygen atoms in total. The molecule has 0 unspecified atom stereocenters. The van der Waals surface area contributed by atoms with Gasteiger partial charge in [-0.1, -0.05) is 23.7 Å². The van der Waals surface area contributed by atoms with Crippen molar-refractivity contribution in [1.29, 1.82) is 0 Å². The number of nitrogens with zero attached hydrogens (tertiary/aromatic N) is 2. The molecular formula is C18H21ClN2O4S. The SMILES string of the molecule is CCN(CCO)C(=O)c1cccc(S(=O)(=O)N(C)c2cccc(Cl)c2)c1. The maximum Gasteiger partial charge on any atom is 0.264 e. The molecule has 0 saturated heterocycles. The minimum absolute atomic E-state index is 0.00544. The van der Waals surface area contributed by atoms with Gasteiger partial charge < -0.3 is 10.0 Å². The highest BCUT2D eigenvalue weighted by Gasteiger charge is 2.23. The summed E-state index contributed by atoms with van der Waals surface area (Å²) in [4.78, 5) is 14.0. The number of anilines is 1. The topological polar surface area (TPSA) is 77.9 Å². The first-order valence-corrected chi connectivity index (χ1v) is 9.87. The van der Waals surface area contributed by atoms with Gasteiger partial charge in [-0.05, 0) is 43.3 Å². The zero-order valence-corrected chi connectivity index (χ0v) is 16.2. The van der Waals surface area contributed by atoms with E-state index >= 15 is 0 Å². The number of carbonyl (C=O) groups is 1. The molecule has 1 N–H and O–H groups in total. The monoisotopic (exact) mass is 396 g/mol. The van der Waals surface area contributed by atoms with Gasteiger partial charge in [0.25, 0.3) is 15.9 Å². The largest absolute Gasteiger partial charge is 0.395 e. The van der Waals surface area contributed by atoms with E-state index in [1.165, 1.54) is 30.1 Å². The molecule has 0 saturated carbocycles. The molecule has 0 aromatic heterocycles. The van der Waals surface area contributed by atoms with Crippen LogP contribution in [0.2, 0.25) is 5.02 Å². The third-order valence-electron chi connectivity index (χ3n) is 3.95. The number of hydrogen-bond acceptors (Lipinski definition) is 4. The van der Waals surface area contributed by atoms with Crippen LogP contribution in [-0.4, -0.2) is 51.1 Å². The Morgan fingerprint density at radius 1 is 1.15 bits per heavy atom. The highest BCUT2D eigenvalue weighted by Crippen LogP contribution is 2.25. The first kappa shape index (κ1) is 20.2. The molecule has 2 aromatic carbocycles. The number of halogens is 1. The quantitative estimate of drug-likeness (QED) is 0.780. The Kier molecular flexibility index (Phi) is 6.63. The maximum atomic E-state index is 12.9. The van der Waals surface area contributed by atoms with Gasteiger partial charge in [-0.3, -0.25) is 9.10 Å². The number of carbonyl (C=O) groups excluding carboxylic acids is 1. The van der Waals surface area contributed by atoms with Crippen LogP contribution in [0.25, 0.3) is 0 Å². The molecular weight excluding hydrogens is 376 g/mol. The predicted molar refractivity (Wildman–Crippen MR) is 102 cm³/mol. The van der Waals surface area contributed by atoms with Gasteiger partial charge in [0, 0.05) is 30.7 Å². The number of aliphatic hydroxyl groups excluding tert-OH is 1. The fraction of sp³-hybridized carbons (Fsp3) is 0.278. The third kappa shape index (κ3) is 4.35. The average Bonchev–Trinajstić information content (AvgIpc) is 2.65. The molecule has 0 heterocycles. The van der Waals surface area contributed by atoms with Crippen LogP contribution in [0.3, 0.4) is 0 Å². The molecule has 8 heteroatoms. The summed E-state index contributed by atoms with van der Waals surface area (Å²) in [5.74, 6) is -0.330. The van der Waals surface area contributed by atoms with Crippen LogP contribution in [0.1, 0.15) is 17.3 Å². The van der Waals surface area contributed by atoms with E-state index in [-0.39, 0.29) is 29.5 Å². The fourth-order valence-corrected chi connectivity index (χ4v) is 3.88. The summed E-state index contributed by atoms with van der Waals surface area (Å²) in [6.07, 6.45) is 0. The van der Waals surface area contributed by atoms with Gasteiger partial charge in [0.15, 0.2) is 0 Å². The molecule has 0 fully saturated rings. The Bertz CT molecular complexity index is 886. The molecule has 0 aliphatic carbocycles. The lowest BCUT2D eigenvalue weighted by Crippen LogP contribution is -2.33. The highest BCUT2D eigenvalue weighted by molar-refractivity contribution is 7.92. The van der Waals surface area contributed by atoms with Crippen LogP contribution in [0.15, 0.2) is 53.4 Å². The summed E-state index contributed by atoms with van der Waals surface area (Å²) in [7, 11) is -2.42. The standard InChI is InChI=1S/C18H21ClN2O4S/c1-3-21(10-11-22)18(23)14-6-4-9-17(12-14)26(24,25)20(2)16-8-5-7-15(19)13-16/h4-9,12-13,22H,3,10-11H2,1-2H3. The number of rotatable bonds is 7. The Balaban J connectivity index is 2.37. The van der Waals surface area contributed by atoms with E-state index in [0.717, 1.165) is 4.31 Å². The normalized spacial score (nSPS) is 11.2. The number of aliphatic hydroxyl groups is 1. The Morgan fingerprint density at radius 2 is 1.85 bits per heavy atom. The fourth-order valence-electron chi connectivity index (χ4n) is 2.47. The van der Waals surface area contributed by atoms with Crippen molar-refractivity contribution < 1.29 is 18.3 Å². The van der Waals surface area contributed by atoms with Gasteiger partial charge in [-0.25, -0.2) is 8.42 Å². The first-order valence-electron chi connectivity index (χ1n) is 8.06. The molecule has 0 bridgehead atoms. The van der Waals surface area contributed by atoms with Gasteiger partial charge in [-0.2, -0.15) is 0 Å². The molecule has 2 aromatic rings. The smallest absolute Gasteiger partial charge is 0.264 e. The van der Waals surface area contributed by atoms with Gasteiger partial charge in [0.05, 0.1) is 17.2 Å². The van der Waals surface area contributed by atoms with E-state index in [1.807, 2.05) is 0 Å². The molecule has 2 rings (SSSR count). The lowest BCUT2D eigenvalue weighted by molar-refractivity contribution is 0.0731. The maximum absolute atomic E-state index is 12.9. The van der Waals surface area contributed by atoms with Crippen molar-refractivity contribution in [3.05, 3.63) is 59.1 Å². The van der Waals surface area contributed by atoms with Crippen molar-refractivity contribution in [2.75, 3.05) is 31.0 Å². The number of benzene rings is 2. The van der Waals surface area contributed by atoms with Crippen molar-refractivity contribution >= 4 is 33.2 Å². The summed E-state index contributed by atoms with van der Waals surface area (Å²) < 4.78 is 26.9. The zero-order valence-electron chi connectivity index (χ0n) is 14.6. The number of amides is 1. The molecule has 140 valence electrons. The van der Waals surface area contributed by atoms with E-state index in [2.05, 4.69) is 0 Å². The van der Waals surface area contributed by atoms with Crippen LogP contribution in [-0.2, 0) is 10.0 Å². The minimum atomic E-state index is -3.85. The molecule has 26 heavy (non-hydrogen) atoms. The van der Waals surface area contributed by atoms with Crippen LogP contribution in [0, 0.1) is 0 Å². The van der Waals surface area contributed by atoms with Crippen LogP contribution in [0.5, 0.6) is 0 Å². The van der Waals surface area contributed by atoms with Gasteiger partial charge in [-0.15, -0.1) is 0 Å². The molecule has 0 aliphatic heterocycles. The van der Waals surface area contributed by atoms with Gasteiger partial charge in [0.1, 0.15) is 0 Å². The Hall–Kier alpha value is -2.09. The number of likely N-dealkylation sites (N-methyl/N-ethyl adjacent to an activating group) is 1. The molecule has 0 radical (unpaired) electrons. The van der Waals surface area contributed by atoms with Crippen LogP contribution >= 0.6 is 11.6 Å². The number of hydrogen-bond donors (Lipinski definition) is 1. The second kappa shape index (κ2) is 8.53. The summed E-state index contributed by atoms with van der Waals surface area (Å²) in [6, 6.07) is 12.4. The Labute approximate surface area is 158 Å². The summed E-state index contributed by atoms with van der Waals surface area (Å²) >= 11 is 5.94. The van der Waals surface area contributed by atoms with Crippen molar-refractivity contribution in [1.82, 2.24) is 4.90 Å². The van der Waals surface area contributed by atoms with E-state index in [0.29, 0.717) is 17.3 Å². The van der Waals surface area contributed by atoms with Crippen molar-refractivity contribution in [2.24, 2.45) is 0 Å². The number of sulfonamides is 1. The van der Waals surface area contributed by atoms with E-state index in [9.17, 15) is 13.2 Å². The second-order valence-corrected chi connectivity index (χ2v) is 7.99. The van der Waals surface area contributed by atoms with Crippen molar-refractivity contribution in [2.45, 2.75) is 11.8 Å².